The lowest BCUT2D eigenvalue weighted by Gasteiger charge is -2.07. The molecule has 0 unspecified atom stereocenters. The van der Waals surface area contributed by atoms with Gasteiger partial charge in [0.25, 0.3) is 0 Å². The molecule has 17 heavy (non-hydrogen) atoms. The lowest BCUT2D eigenvalue weighted by molar-refractivity contribution is -0.139. The number of esters is 1. The summed E-state index contributed by atoms with van der Waals surface area (Å²) in [5, 5.41) is 0. The fraction of sp³-hybridized carbons (Fsp3) is 0.231. The van der Waals surface area contributed by atoms with Crippen LogP contribution in [-0.4, -0.2) is 22.6 Å². The van der Waals surface area contributed by atoms with Gasteiger partial charge in [0.15, 0.2) is 0 Å². The maximum Gasteiger partial charge on any atom is 0.313 e. The number of hydrogen-bond acceptors (Lipinski definition) is 3. The number of carbonyl (C=O) groups is 1. The fourth-order valence-electron chi connectivity index (χ4n) is 1.63. The van der Waals surface area contributed by atoms with Crippen molar-refractivity contribution in [3.63, 3.8) is 0 Å². The molecule has 0 radical (unpaired) electrons. The van der Waals surface area contributed by atoms with Crippen LogP contribution < -0.4 is 0 Å². The number of imidazole rings is 1. The van der Waals surface area contributed by atoms with E-state index in [0.717, 1.165) is 5.82 Å². The second-order valence-electron chi connectivity index (χ2n) is 3.71. The van der Waals surface area contributed by atoms with Gasteiger partial charge in [0, 0.05) is 18.9 Å². The third-order valence-corrected chi connectivity index (χ3v) is 2.53. The average Bonchev–Trinajstić information content (AvgIpc) is 2.78. The Hall–Kier alpha value is -2.10. The Morgan fingerprint density at radius 2 is 2.12 bits per heavy atom. The average molecular weight is 230 g/mol. The van der Waals surface area contributed by atoms with Crippen LogP contribution in [0.25, 0.3) is 0 Å². The summed E-state index contributed by atoms with van der Waals surface area (Å²) in [6.45, 7) is 0.715. The zero-order valence-corrected chi connectivity index (χ0v) is 9.67. The first kappa shape index (κ1) is 11.4. The van der Waals surface area contributed by atoms with Crippen LogP contribution in [0.5, 0.6) is 0 Å². The molecule has 1 heterocycles. The predicted octanol–water partition coefficient (Wildman–Crippen LogP) is 1.65. The van der Waals surface area contributed by atoms with Crippen molar-refractivity contribution < 1.29 is 9.53 Å². The fourth-order valence-corrected chi connectivity index (χ4v) is 1.63. The number of methoxy groups -OCH3 is 1. The Morgan fingerprint density at radius 1 is 1.35 bits per heavy atom. The molecule has 0 fully saturated rings. The third kappa shape index (κ3) is 2.93. The Balaban J connectivity index is 2.12. The van der Waals surface area contributed by atoms with Crippen molar-refractivity contribution in [3.8, 4) is 0 Å². The highest BCUT2D eigenvalue weighted by Crippen LogP contribution is 2.06. The summed E-state index contributed by atoms with van der Waals surface area (Å²) in [6, 6.07) is 10.1. The van der Waals surface area contributed by atoms with Gasteiger partial charge in [-0.2, -0.15) is 0 Å². The molecule has 2 rings (SSSR count). The second kappa shape index (κ2) is 5.30. The summed E-state index contributed by atoms with van der Waals surface area (Å²) in [5.41, 5.74) is 1.18. The van der Waals surface area contributed by atoms with Gasteiger partial charge in [0.1, 0.15) is 12.2 Å². The van der Waals surface area contributed by atoms with Crippen LogP contribution in [-0.2, 0) is 22.5 Å². The molecule has 0 atom stereocenters. The summed E-state index contributed by atoms with van der Waals surface area (Å²) < 4.78 is 6.59. The molecule has 2 aromatic rings. The molecule has 88 valence electrons. The predicted molar refractivity (Wildman–Crippen MR) is 63.5 cm³/mol. The Morgan fingerprint density at radius 3 is 2.82 bits per heavy atom. The van der Waals surface area contributed by atoms with Crippen molar-refractivity contribution in [3.05, 3.63) is 54.1 Å². The Bertz CT molecular complexity index is 491. The molecule has 0 saturated heterocycles. The van der Waals surface area contributed by atoms with Gasteiger partial charge in [-0.3, -0.25) is 4.79 Å². The van der Waals surface area contributed by atoms with E-state index in [1.165, 1.54) is 12.7 Å². The van der Waals surface area contributed by atoms with Gasteiger partial charge in [-0.15, -0.1) is 0 Å². The number of carbonyl (C=O) groups excluding carboxylic acids is 1. The van der Waals surface area contributed by atoms with Crippen molar-refractivity contribution in [2.45, 2.75) is 13.0 Å². The number of hydrogen-bond donors (Lipinski definition) is 0. The Labute approximate surface area is 99.9 Å². The Kier molecular flexibility index (Phi) is 3.55. The van der Waals surface area contributed by atoms with E-state index < -0.39 is 0 Å². The lowest BCUT2D eigenvalue weighted by Crippen LogP contribution is -2.11. The van der Waals surface area contributed by atoms with Gasteiger partial charge in [-0.1, -0.05) is 30.3 Å². The minimum atomic E-state index is -0.273. The molecule has 0 spiro atoms. The zero-order valence-electron chi connectivity index (χ0n) is 9.67. The van der Waals surface area contributed by atoms with E-state index >= 15 is 0 Å². The SMILES string of the molecule is COC(=O)Cc1nccn1Cc1ccccc1. The monoisotopic (exact) mass is 230 g/mol. The third-order valence-electron chi connectivity index (χ3n) is 2.53. The highest BCUT2D eigenvalue weighted by molar-refractivity contribution is 5.71. The quantitative estimate of drug-likeness (QED) is 0.750. The van der Waals surface area contributed by atoms with Crippen LogP contribution in [0.3, 0.4) is 0 Å². The molecule has 4 nitrogen and oxygen atoms in total. The first-order valence-electron chi connectivity index (χ1n) is 5.40. The van der Waals surface area contributed by atoms with Gasteiger partial charge < -0.3 is 9.30 Å². The topological polar surface area (TPSA) is 44.1 Å². The van der Waals surface area contributed by atoms with Crippen LogP contribution in [0, 0.1) is 0 Å². The summed E-state index contributed by atoms with van der Waals surface area (Å²) in [6.07, 6.45) is 3.77. The minimum Gasteiger partial charge on any atom is -0.469 e. The smallest absolute Gasteiger partial charge is 0.313 e. The van der Waals surface area contributed by atoms with Crippen molar-refractivity contribution in [1.29, 1.82) is 0 Å². The lowest BCUT2D eigenvalue weighted by atomic mass is 10.2. The number of benzene rings is 1. The number of rotatable bonds is 4. The van der Waals surface area contributed by atoms with Crippen molar-refractivity contribution in [1.82, 2.24) is 9.55 Å². The number of aromatic nitrogens is 2. The van der Waals surface area contributed by atoms with Crippen LogP contribution in [0.4, 0.5) is 0 Å². The van der Waals surface area contributed by atoms with Crippen LogP contribution in [0.1, 0.15) is 11.4 Å². The molecule has 1 aromatic carbocycles. The van der Waals surface area contributed by atoms with Crippen molar-refractivity contribution >= 4 is 5.97 Å². The molecule has 0 amide bonds. The highest BCUT2D eigenvalue weighted by Gasteiger charge is 2.09. The van der Waals surface area contributed by atoms with Gasteiger partial charge in [0.2, 0.25) is 0 Å². The molecule has 4 heteroatoms. The second-order valence-corrected chi connectivity index (χ2v) is 3.71. The van der Waals surface area contributed by atoms with E-state index in [1.807, 2.05) is 41.1 Å². The van der Waals surface area contributed by atoms with Gasteiger partial charge in [0.05, 0.1) is 7.11 Å². The molecular weight excluding hydrogens is 216 g/mol. The largest absolute Gasteiger partial charge is 0.469 e. The first-order valence-corrected chi connectivity index (χ1v) is 5.40. The summed E-state index contributed by atoms with van der Waals surface area (Å²) in [4.78, 5) is 15.4. The molecule has 0 N–H and O–H groups in total. The molecule has 0 bridgehead atoms. The van der Waals surface area contributed by atoms with E-state index in [4.69, 9.17) is 0 Å². The van der Waals surface area contributed by atoms with Crippen LogP contribution >= 0.6 is 0 Å². The van der Waals surface area contributed by atoms with E-state index in [2.05, 4.69) is 9.72 Å². The molecule has 0 aliphatic heterocycles. The summed E-state index contributed by atoms with van der Waals surface area (Å²) in [5.74, 6) is 0.450. The zero-order chi connectivity index (χ0) is 12.1. The van der Waals surface area contributed by atoms with E-state index in [9.17, 15) is 4.79 Å². The number of ether oxygens (including phenoxy) is 1. The van der Waals surface area contributed by atoms with Crippen LogP contribution in [0.2, 0.25) is 0 Å². The van der Waals surface area contributed by atoms with E-state index in [0.29, 0.717) is 6.54 Å². The van der Waals surface area contributed by atoms with Gasteiger partial charge in [-0.05, 0) is 5.56 Å². The molecule has 0 aliphatic carbocycles. The van der Waals surface area contributed by atoms with E-state index in [1.54, 1.807) is 6.20 Å². The maximum absolute atomic E-state index is 11.2. The molecule has 0 aliphatic rings. The molecule has 0 saturated carbocycles. The minimum absolute atomic E-state index is 0.205. The normalized spacial score (nSPS) is 10.2. The van der Waals surface area contributed by atoms with Crippen molar-refractivity contribution in [2.75, 3.05) is 7.11 Å². The van der Waals surface area contributed by atoms with Crippen LogP contribution in [0.15, 0.2) is 42.7 Å². The standard InChI is InChI=1S/C13H14N2O2/c1-17-13(16)9-12-14-7-8-15(12)10-11-5-3-2-4-6-11/h2-8H,9-10H2,1H3. The summed E-state index contributed by atoms with van der Waals surface area (Å²) in [7, 11) is 1.38. The van der Waals surface area contributed by atoms with Gasteiger partial charge >= 0.3 is 5.97 Å². The molecule has 1 aromatic heterocycles. The van der Waals surface area contributed by atoms with Crippen molar-refractivity contribution in [2.24, 2.45) is 0 Å². The number of nitrogens with zero attached hydrogens (tertiary/aromatic N) is 2. The highest BCUT2D eigenvalue weighted by atomic mass is 16.5. The van der Waals surface area contributed by atoms with E-state index in [-0.39, 0.29) is 12.4 Å². The molecular formula is C13H14N2O2. The first-order chi connectivity index (χ1) is 8.29. The van der Waals surface area contributed by atoms with Gasteiger partial charge in [-0.25, -0.2) is 4.98 Å². The summed E-state index contributed by atoms with van der Waals surface area (Å²) >= 11 is 0. The maximum atomic E-state index is 11.2.